The summed E-state index contributed by atoms with van der Waals surface area (Å²) in [6, 6.07) is 6.52. The Hall–Kier alpha value is -2.37. The maximum atomic E-state index is 5.02. The van der Waals surface area contributed by atoms with Gasteiger partial charge in [0, 0.05) is 24.0 Å². The van der Waals surface area contributed by atoms with E-state index in [0.29, 0.717) is 17.8 Å². The van der Waals surface area contributed by atoms with Crippen LogP contribution in [0.4, 0.5) is 0 Å². The predicted molar refractivity (Wildman–Crippen MR) is 118 cm³/mol. The molecule has 0 amide bonds. The number of hydrogen-bond donors (Lipinski definition) is 0. The van der Waals surface area contributed by atoms with Crippen LogP contribution in [0.2, 0.25) is 0 Å². The van der Waals surface area contributed by atoms with E-state index in [0.717, 1.165) is 34.2 Å². The van der Waals surface area contributed by atoms with Gasteiger partial charge in [0.1, 0.15) is 0 Å². The van der Waals surface area contributed by atoms with E-state index in [4.69, 9.17) is 15.3 Å². The van der Waals surface area contributed by atoms with Gasteiger partial charge in [-0.1, -0.05) is 41.5 Å². The fourth-order valence-electron chi connectivity index (χ4n) is 3.90. The van der Waals surface area contributed by atoms with Gasteiger partial charge < -0.3 is 0 Å². The van der Waals surface area contributed by atoms with Crippen LogP contribution in [0.1, 0.15) is 100 Å². The third kappa shape index (κ3) is 3.53. The average Bonchev–Trinajstić information content (AvgIpc) is 3.31. The maximum Gasteiger partial charge on any atom is 0.246 e. The Balaban J connectivity index is 2.33. The molecule has 0 aliphatic heterocycles. The van der Waals surface area contributed by atoms with Gasteiger partial charge in [-0.05, 0) is 56.7 Å². The molecule has 3 aromatic heterocycles. The predicted octanol–water partition coefficient (Wildman–Crippen LogP) is 5.30. The van der Waals surface area contributed by atoms with Crippen LogP contribution in [0.3, 0.4) is 0 Å². The molecule has 0 spiro atoms. The van der Waals surface area contributed by atoms with Crippen LogP contribution in [-0.2, 0) is 5.79 Å². The molecule has 0 fully saturated rings. The van der Waals surface area contributed by atoms with Crippen molar-refractivity contribution in [2.75, 3.05) is 0 Å². The monoisotopic (exact) mass is 396 g/mol. The molecule has 6 nitrogen and oxygen atoms in total. The number of nitrogens with zero attached hydrogens (tertiary/aromatic N) is 6. The largest absolute Gasteiger partial charge is 0.246 e. The van der Waals surface area contributed by atoms with Gasteiger partial charge in [-0.3, -0.25) is 0 Å². The van der Waals surface area contributed by atoms with Crippen molar-refractivity contribution < 1.29 is 0 Å². The molecule has 0 aromatic carbocycles. The lowest BCUT2D eigenvalue weighted by Crippen LogP contribution is -2.49. The Morgan fingerprint density at radius 1 is 0.586 bits per heavy atom. The van der Waals surface area contributed by atoms with Crippen molar-refractivity contribution in [1.82, 2.24) is 29.3 Å². The lowest BCUT2D eigenvalue weighted by molar-refractivity contribution is 0.129. The van der Waals surface area contributed by atoms with Crippen molar-refractivity contribution in [3.05, 3.63) is 52.4 Å². The summed E-state index contributed by atoms with van der Waals surface area (Å²) in [5, 5.41) is 15.1. The second-order valence-corrected chi connectivity index (χ2v) is 9.30. The Morgan fingerprint density at radius 2 is 0.828 bits per heavy atom. The molecule has 3 rings (SSSR count). The Kier molecular flexibility index (Phi) is 5.50. The number of hydrogen-bond acceptors (Lipinski definition) is 3. The summed E-state index contributed by atoms with van der Waals surface area (Å²) in [5.41, 5.74) is 6.53. The van der Waals surface area contributed by atoms with E-state index in [1.54, 1.807) is 0 Å². The molecule has 6 heteroatoms. The van der Waals surface area contributed by atoms with Gasteiger partial charge in [-0.2, -0.15) is 15.3 Å². The van der Waals surface area contributed by atoms with E-state index in [1.807, 2.05) is 0 Å². The van der Waals surface area contributed by atoms with E-state index >= 15 is 0 Å². The first kappa shape index (κ1) is 21.3. The molecule has 158 valence electrons. The third-order valence-electron chi connectivity index (χ3n) is 5.70. The van der Waals surface area contributed by atoms with Crippen LogP contribution in [0.15, 0.2) is 18.2 Å². The van der Waals surface area contributed by atoms with E-state index in [9.17, 15) is 0 Å². The van der Waals surface area contributed by atoms with Crippen molar-refractivity contribution in [3.8, 4) is 0 Å². The third-order valence-corrected chi connectivity index (χ3v) is 5.70. The quantitative estimate of drug-likeness (QED) is 0.568. The van der Waals surface area contributed by atoms with Crippen molar-refractivity contribution in [1.29, 1.82) is 0 Å². The molecule has 29 heavy (non-hydrogen) atoms. The van der Waals surface area contributed by atoms with Gasteiger partial charge in [-0.15, -0.1) is 0 Å². The zero-order valence-electron chi connectivity index (χ0n) is 19.6. The highest BCUT2D eigenvalue weighted by Crippen LogP contribution is 2.30. The summed E-state index contributed by atoms with van der Waals surface area (Å²) in [5.74, 6) is 0.350. The normalized spacial score (nSPS) is 12.7. The summed E-state index contributed by atoms with van der Waals surface area (Å²) in [7, 11) is 0. The summed E-state index contributed by atoms with van der Waals surface area (Å²) in [6.45, 7) is 21.6. The molecular formula is C23H36N6. The lowest BCUT2D eigenvalue weighted by Gasteiger charge is -2.34. The van der Waals surface area contributed by atoms with E-state index < -0.39 is 5.79 Å². The van der Waals surface area contributed by atoms with Crippen LogP contribution in [-0.4, -0.2) is 29.3 Å². The van der Waals surface area contributed by atoms with Crippen molar-refractivity contribution in [2.45, 2.75) is 92.8 Å². The average molecular weight is 397 g/mol. The van der Waals surface area contributed by atoms with E-state index in [-0.39, 0.29) is 0 Å². The van der Waals surface area contributed by atoms with Crippen LogP contribution in [0, 0.1) is 20.8 Å². The molecule has 0 saturated heterocycles. The van der Waals surface area contributed by atoms with Crippen LogP contribution in [0.25, 0.3) is 0 Å². The molecule has 0 saturated carbocycles. The highest BCUT2D eigenvalue weighted by Gasteiger charge is 2.38. The highest BCUT2D eigenvalue weighted by atomic mass is 15.6. The van der Waals surface area contributed by atoms with Gasteiger partial charge >= 0.3 is 0 Å². The molecular weight excluding hydrogens is 360 g/mol. The first-order chi connectivity index (χ1) is 13.5. The Bertz CT molecular complexity index is 872. The van der Waals surface area contributed by atoms with Crippen LogP contribution < -0.4 is 0 Å². The molecule has 0 atom stereocenters. The Labute approximate surface area is 174 Å². The number of aryl methyl sites for hydroxylation is 3. The second-order valence-electron chi connectivity index (χ2n) is 9.30. The van der Waals surface area contributed by atoms with Crippen LogP contribution >= 0.6 is 0 Å². The first-order valence-corrected chi connectivity index (χ1v) is 10.7. The molecule has 3 heterocycles. The van der Waals surface area contributed by atoms with Crippen molar-refractivity contribution in [3.63, 3.8) is 0 Å². The fraction of sp³-hybridized carbons (Fsp3) is 0.609. The highest BCUT2D eigenvalue weighted by molar-refractivity contribution is 5.20. The summed E-state index contributed by atoms with van der Waals surface area (Å²) in [4.78, 5) is 0. The van der Waals surface area contributed by atoms with E-state index in [1.165, 1.54) is 0 Å². The molecule has 0 N–H and O–H groups in total. The lowest BCUT2D eigenvalue weighted by atomic mass is 10.1. The minimum Gasteiger partial charge on any atom is -0.222 e. The Morgan fingerprint density at radius 3 is 1.00 bits per heavy atom. The van der Waals surface area contributed by atoms with Gasteiger partial charge in [0.2, 0.25) is 5.79 Å². The van der Waals surface area contributed by atoms with Crippen LogP contribution in [0.5, 0.6) is 0 Å². The van der Waals surface area contributed by atoms with E-state index in [2.05, 4.69) is 101 Å². The van der Waals surface area contributed by atoms with Crippen molar-refractivity contribution in [2.24, 2.45) is 0 Å². The summed E-state index contributed by atoms with van der Waals surface area (Å²) >= 11 is 0. The standard InChI is InChI=1S/C23H36N6/c1-14(2)20-11-17(7)27(24-20)23(10,28-18(8)12-21(25-28)15(3)4)29-19(9)13-22(26-29)16(5)6/h11-16H,1-10H3. The summed E-state index contributed by atoms with van der Waals surface area (Å²) in [6.07, 6.45) is 0. The zero-order chi connectivity index (χ0) is 21.7. The molecule has 0 aliphatic rings. The molecule has 3 aromatic rings. The van der Waals surface area contributed by atoms with Gasteiger partial charge in [0.05, 0.1) is 17.1 Å². The SMILES string of the molecule is Cc1cc(C(C)C)nn1C(C)(n1nc(C(C)C)cc1C)n1nc(C(C)C)cc1C. The first-order valence-electron chi connectivity index (χ1n) is 10.7. The van der Waals surface area contributed by atoms with Crippen molar-refractivity contribution >= 4 is 0 Å². The number of rotatable bonds is 6. The zero-order valence-corrected chi connectivity index (χ0v) is 19.6. The van der Waals surface area contributed by atoms with Gasteiger partial charge in [0.25, 0.3) is 0 Å². The number of aromatic nitrogens is 6. The minimum absolute atomic E-state index is 0.356. The minimum atomic E-state index is -0.717. The fourth-order valence-corrected chi connectivity index (χ4v) is 3.90. The van der Waals surface area contributed by atoms with Gasteiger partial charge in [0.15, 0.2) is 0 Å². The van der Waals surface area contributed by atoms with Gasteiger partial charge in [-0.25, -0.2) is 14.0 Å². The maximum absolute atomic E-state index is 5.02. The summed E-state index contributed by atoms with van der Waals surface area (Å²) < 4.78 is 6.24. The molecule has 0 bridgehead atoms. The topological polar surface area (TPSA) is 53.5 Å². The second kappa shape index (κ2) is 7.47. The smallest absolute Gasteiger partial charge is 0.222 e. The molecule has 0 radical (unpaired) electrons. The molecule has 0 unspecified atom stereocenters. The molecule has 0 aliphatic carbocycles.